The van der Waals surface area contributed by atoms with E-state index < -0.39 is 10.0 Å². The van der Waals surface area contributed by atoms with E-state index in [9.17, 15) is 13.2 Å². The van der Waals surface area contributed by atoms with Crippen LogP contribution in [0.5, 0.6) is 0 Å². The normalized spacial score (nSPS) is 10.5. The van der Waals surface area contributed by atoms with Crippen LogP contribution in [0, 0.1) is 11.8 Å². The van der Waals surface area contributed by atoms with Crippen LogP contribution < -0.4 is 4.72 Å². The smallest absolute Gasteiger partial charge is 0.253 e. The molecule has 19 heavy (non-hydrogen) atoms. The van der Waals surface area contributed by atoms with Gasteiger partial charge >= 0.3 is 0 Å². The maximum Gasteiger partial charge on any atom is 0.253 e. The molecule has 0 aromatic heterocycles. The predicted octanol–water partition coefficient (Wildman–Crippen LogP) is 0.289. The molecule has 0 unspecified atom stereocenters. The topological polar surface area (TPSA) is 66.5 Å². The van der Waals surface area contributed by atoms with E-state index >= 15 is 0 Å². The maximum atomic E-state index is 11.6. The van der Waals surface area contributed by atoms with Crippen molar-refractivity contribution in [1.29, 1.82) is 0 Å². The third kappa shape index (κ3) is 5.55. The molecule has 1 N–H and O–H groups in total. The Balaban J connectivity index is 2.68. The molecule has 0 heterocycles. The Labute approximate surface area is 113 Å². The summed E-state index contributed by atoms with van der Waals surface area (Å²) in [4.78, 5) is 13.1. The zero-order valence-corrected chi connectivity index (χ0v) is 11.9. The fourth-order valence-corrected chi connectivity index (χ4v) is 1.60. The highest BCUT2D eigenvalue weighted by molar-refractivity contribution is 7.88. The zero-order chi connectivity index (χ0) is 14.5. The number of benzene rings is 1. The summed E-state index contributed by atoms with van der Waals surface area (Å²) in [5.74, 6) is 5.43. The van der Waals surface area contributed by atoms with E-state index in [2.05, 4.69) is 16.6 Å². The lowest BCUT2D eigenvalue weighted by Gasteiger charge is -2.09. The number of nitrogens with one attached hydrogen (secondary N) is 1. The first-order valence-electron chi connectivity index (χ1n) is 5.55. The Kier molecular flexibility index (Phi) is 5.10. The van der Waals surface area contributed by atoms with Crippen molar-refractivity contribution in [2.75, 3.05) is 26.9 Å². The van der Waals surface area contributed by atoms with Crippen molar-refractivity contribution in [2.24, 2.45) is 0 Å². The van der Waals surface area contributed by atoms with E-state index in [0.29, 0.717) is 5.56 Å². The minimum Gasteiger partial charge on any atom is -0.345 e. The lowest BCUT2D eigenvalue weighted by atomic mass is 10.1. The van der Waals surface area contributed by atoms with Gasteiger partial charge in [0.15, 0.2) is 0 Å². The number of rotatable bonds is 3. The minimum atomic E-state index is -3.21. The molecule has 0 aliphatic rings. The molecule has 1 rings (SSSR count). The second-order valence-corrected chi connectivity index (χ2v) is 6.00. The second-order valence-electron chi connectivity index (χ2n) is 4.17. The van der Waals surface area contributed by atoms with E-state index in [1.807, 2.05) is 0 Å². The maximum absolute atomic E-state index is 11.6. The first-order valence-corrected chi connectivity index (χ1v) is 7.44. The van der Waals surface area contributed by atoms with E-state index in [4.69, 9.17) is 0 Å². The summed E-state index contributed by atoms with van der Waals surface area (Å²) >= 11 is 0. The summed E-state index contributed by atoms with van der Waals surface area (Å²) < 4.78 is 23.9. The number of hydrogen-bond acceptors (Lipinski definition) is 3. The molecule has 0 radical (unpaired) electrons. The van der Waals surface area contributed by atoms with Crippen LogP contribution in [-0.2, 0) is 10.0 Å². The van der Waals surface area contributed by atoms with Crippen LogP contribution in [0.3, 0.4) is 0 Å². The van der Waals surface area contributed by atoms with Crippen LogP contribution in [0.4, 0.5) is 0 Å². The quantitative estimate of drug-likeness (QED) is 0.809. The van der Waals surface area contributed by atoms with Gasteiger partial charge in [0.1, 0.15) is 0 Å². The highest BCUT2D eigenvalue weighted by Crippen LogP contribution is 2.05. The number of sulfonamides is 1. The molecular formula is C13H16N2O3S. The van der Waals surface area contributed by atoms with Crippen LogP contribution in [-0.4, -0.2) is 46.1 Å². The third-order valence-electron chi connectivity index (χ3n) is 2.19. The Bertz CT molecular complexity index is 608. The van der Waals surface area contributed by atoms with Gasteiger partial charge in [-0.25, -0.2) is 13.1 Å². The average Bonchev–Trinajstić information content (AvgIpc) is 2.33. The summed E-state index contributed by atoms with van der Waals surface area (Å²) in [5, 5.41) is 0. The fourth-order valence-electron chi connectivity index (χ4n) is 1.27. The van der Waals surface area contributed by atoms with Crippen LogP contribution >= 0.6 is 0 Å². The number of amides is 1. The second kappa shape index (κ2) is 6.36. The van der Waals surface area contributed by atoms with Gasteiger partial charge in [0, 0.05) is 25.2 Å². The largest absolute Gasteiger partial charge is 0.345 e. The summed E-state index contributed by atoms with van der Waals surface area (Å²) in [7, 11) is 0.166. The molecule has 0 bridgehead atoms. The number of carbonyl (C=O) groups is 1. The summed E-state index contributed by atoms with van der Waals surface area (Å²) in [6.07, 6.45) is 1.08. The van der Waals surface area contributed by atoms with Crippen LogP contribution in [0.2, 0.25) is 0 Å². The van der Waals surface area contributed by atoms with Crippen molar-refractivity contribution < 1.29 is 13.2 Å². The molecule has 0 aliphatic carbocycles. The number of carbonyl (C=O) groups excluding carboxylic acids is 1. The number of hydrogen-bond donors (Lipinski definition) is 1. The molecule has 5 nitrogen and oxygen atoms in total. The standard InChI is InChI=1S/C13H16N2O3S/c1-15(2)13(16)12-8-6-11(7-9-12)5-4-10-14-19(3,17)18/h6-9,14H,10H2,1-3H3. The predicted molar refractivity (Wildman–Crippen MR) is 74.2 cm³/mol. The van der Waals surface area contributed by atoms with Crippen molar-refractivity contribution in [2.45, 2.75) is 0 Å². The third-order valence-corrected chi connectivity index (χ3v) is 2.86. The van der Waals surface area contributed by atoms with Crippen LogP contribution in [0.1, 0.15) is 15.9 Å². The Morgan fingerprint density at radius 2 is 1.84 bits per heavy atom. The van der Waals surface area contributed by atoms with Gasteiger partial charge in [0.25, 0.3) is 5.91 Å². The van der Waals surface area contributed by atoms with Gasteiger partial charge in [-0.15, -0.1) is 0 Å². The van der Waals surface area contributed by atoms with Gasteiger partial charge in [-0.1, -0.05) is 11.8 Å². The molecule has 0 atom stereocenters. The molecule has 1 amide bonds. The van der Waals surface area contributed by atoms with Gasteiger partial charge in [-0.3, -0.25) is 4.79 Å². The van der Waals surface area contributed by atoms with Crippen LogP contribution in [0.25, 0.3) is 0 Å². The highest BCUT2D eigenvalue weighted by Gasteiger charge is 2.06. The lowest BCUT2D eigenvalue weighted by molar-refractivity contribution is 0.0827. The number of nitrogens with zero attached hydrogens (tertiary/aromatic N) is 1. The molecule has 0 spiro atoms. The molecule has 1 aromatic rings. The molecule has 0 saturated heterocycles. The Morgan fingerprint density at radius 3 is 2.32 bits per heavy atom. The van der Waals surface area contributed by atoms with Crippen molar-refractivity contribution >= 4 is 15.9 Å². The zero-order valence-electron chi connectivity index (χ0n) is 11.1. The molecule has 6 heteroatoms. The molecule has 1 aromatic carbocycles. The first-order chi connectivity index (χ1) is 8.79. The minimum absolute atomic E-state index is 0.0667. The molecular weight excluding hydrogens is 264 g/mol. The van der Waals surface area contributed by atoms with E-state index in [1.54, 1.807) is 38.4 Å². The molecule has 0 aliphatic heterocycles. The Hall–Kier alpha value is -1.84. The SMILES string of the molecule is CN(C)C(=O)c1ccc(C#CCNS(C)(=O)=O)cc1. The van der Waals surface area contributed by atoms with E-state index in [0.717, 1.165) is 11.8 Å². The fraction of sp³-hybridized carbons (Fsp3) is 0.308. The monoisotopic (exact) mass is 280 g/mol. The summed E-state index contributed by atoms with van der Waals surface area (Å²) in [6, 6.07) is 6.83. The van der Waals surface area contributed by atoms with Gasteiger partial charge in [0.05, 0.1) is 12.8 Å². The van der Waals surface area contributed by atoms with E-state index in [1.165, 1.54) is 4.90 Å². The Morgan fingerprint density at radius 1 is 1.26 bits per heavy atom. The van der Waals surface area contributed by atoms with Gasteiger partial charge < -0.3 is 4.90 Å². The van der Waals surface area contributed by atoms with Gasteiger partial charge in [-0.2, -0.15) is 0 Å². The van der Waals surface area contributed by atoms with Gasteiger partial charge in [-0.05, 0) is 24.3 Å². The van der Waals surface area contributed by atoms with Gasteiger partial charge in [0.2, 0.25) is 10.0 Å². The van der Waals surface area contributed by atoms with Crippen molar-refractivity contribution in [3.8, 4) is 11.8 Å². The lowest BCUT2D eigenvalue weighted by Crippen LogP contribution is -2.21. The van der Waals surface area contributed by atoms with Crippen LogP contribution in [0.15, 0.2) is 24.3 Å². The van der Waals surface area contributed by atoms with Crippen molar-refractivity contribution in [1.82, 2.24) is 9.62 Å². The summed E-state index contributed by atoms with van der Waals surface area (Å²) in [5.41, 5.74) is 1.32. The van der Waals surface area contributed by atoms with Crippen molar-refractivity contribution in [3.05, 3.63) is 35.4 Å². The highest BCUT2D eigenvalue weighted by atomic mass is 32.2. The molecule has 0 fully saturated rings. The first kappa shape index (κ1) is 15.2. The van der Waals surface area contributed by atoms with E-state index in [-0.39, 0.29) is 12.5 Å². The summed E-state index contributed by atoms with van der Waals surface area (Å²) in [6.45, 7) is 0.0667. The molecule has 102 valence electrons. The average molecular weight is 280 g/mol. The molecule has 0 saturated carbocycles. The van der Waals surface area contributed by atoms with Crippen molar-refractivity contribution in [3.63, 3.8) is 0 Å².